The lowest BCUT2D eigenvalue weighted by molar-refractivity contribution is -0.122. The first-order chi connectivity index (χ1) is 10.5. The Bertz CT molecular complexity index is 687. The molecule has 8 nitrogen and oxygen atoms in total. The van der Waals surface area contributed by atoms with E-state index in [0.717, 1.165) is 17.2 Å². The number of carbonyl (C=O) groups excluding carboxylic acids is 1. The number of amides is 1. The Morgan fingerprint density at radius 2 is 2.23 bits per heavy atom. The van der Waals surface area contributed by atoms with Gasteiger partial charge in [0.05, 0.1) is 19.3 Å². The Hall–Kier alpha value is -2.22. The topological polar surface area (TPSA) is 91.7 Å². The second kappa shape index (κ2) is 5.53. The highest BCUT2D eigenvalue weighted by atomic mass is 16.2. The van der Waals surface area contributed by atoms with Crippen molar-refractivity contribution >= 4 is 11.7 Å². The summed E-state index contributed by atoms with van der Waals surface area (Å²) in [7, 11) is 1.92. The minimum absolute atomic E-state index is 0.0487. The van der Waals surface area contributed by atoms with Gasteiger partial charge in [-0.1, -0.05) is 13.8 Å². The van der Waals surface area contributed by atoms with Crippen LogP contribution < -0.4 is 5.32 Å². The van der Waals surface area contributed by atoms with E-state index in [-0.39, 0.29) is 11.9 Å². The van der Waals surface area contributed by atoms with Crippen LogP contribution in [0.15, 0.2) is 6.20 Å². The molecule has 3 heterocycles. The van der Waals surface area contributed by atoms with Gasteiger partial charge in [0.15, 0.2) is 0 Å². The summed E-state index contributed by atoms with van der Waals surface area (Å²) in [5.74, 6) is 2.66. The van der Waals surface area contributed by atoms with Crippen LogP contribution in [0.5, 0.6) is 0 Å². The summed E-state index contributed by atoms with van der Waals surface area (Å²) in [6, 6.07) is -0.259. The van der Waals surface area contributed by atoms with Crippen LogP contribution in [0.4, 0.5) is 5.82 Å². The van der Waals surface area contributed by atoms with Gasteiger partial charge >= 0.3 is 0 Å². The Labute approximate surface area is 128 Å². The van der Waals surface area contributed by atoms with E-state index in [1.807, 2.05) is 23.4 Å². The Kier molecular flexibility index (Phi) is 3.69. The molecule has 2 N–H and O–H groups in total. The number of fused-ring (bicyclic) bond motifs is 1. The number of nitrogens with zero attached hydrogens (tertiary/aromatic N) is 5. The Morgan fingerprint density at radius 3 is 2.95 bits per heavy atom. The zero-order valence-electron chi connectivity index (χ0n) is 13.3. The van der Waals surface area contributed by atoms with Crippen LogP contribution in [0.2, 0.25) is 0 Å². The van der Waals surface area contributed by atoms with Crippen LogP contribution in [0.25, 0.3) is 0 Å². The molecule has 0 saturated carbocycles. The molecule has 1 atom stereocenters. The highest BCUT2D eigenvalue weighted by molar-refractivity contribution is 5.94. The monoisotopic (exact) mass is 303 g/mol. The summed E-state index contributed by atoms with van der Waals surface area (Å²) < 4.78 is 2.00. The second-order valence-corrected chi connectivity index (χ2v) is 6.05. The molecular weight excluding hydrogens is 282 g/mol. The fourth-order valence-corrected chi connectivity index (χ4v) is 2.75. The van der Waals surface area contributed by atoms with Gasteiger partial charge in [-0.3, -0.25) is 14.8 Å². The van der Waals surface area contributed by atoms with Crippen molar-refractivity contribution in [2.75, 3.05) is 12.4 Å². The number of H-pyrrole nitrogens is 1. The zero-order chi connectivity index (χ0) is 15.9. The summed E-state index contributed by atoms with van der Waals surface area (Å²) >= 11 is 0. The maximum atomic E-state index is 12.6. The van der Waals surface area contributed by atoms with Crippen molar-refractivity contribution in [2.45, 2.75) is 45.8 Å². The molecule has 8 heteroatoms. The fourth-order valence-electron chi connectivity index (χ4n) is 2.75. The number of aryl methyl sites for hydroxylation is 1. The van der Waals surface area contributed by atoms with Crippen molar-refractivity contribution in [2.24, 2.45) is 0 Å². The van der Waals surface area contributed by atoms with Crippen molar-refractivity contribution < 1.29 is 4.79 Å². The van der Waals surface area contributed by atoms with Crippen molar-refractivity contribution in [1.29, 1.82) is 0 Å². The molecule has 0 spiro atoms. The number of likely N-dealkylation sites (N-methyl/N-ethyl adjacent to an activating group) is 1. The average Bonchev–Trinajstić information content (AvgIpc) is 3.05. The number of anilines is 1. The number of hydrogen-bond donors (Lipinski definition) is 2. The molecule has 0 aliphatic carbocycles. The van der Waals surface area contributed by atoms with E-state index in [2.05, 4.69) is 39.6 Å². The maximum Gasteiger partial charge on any atom is 0.244 e. The number of nitrogens with one attached hydrogen (secondary N) is 2. The summed E-state index contributed by atoms with van der Waals surface area (Å²) in [6.07, 6.45) is 1.76. The van der Waals surface area contributed by atoms with E-state index in [1.165, 1.54) is 0 Å². The molecule has 0 radical (unpaired) electrons. The van der Waals surface area contributed by atoms with Crippen LogP contribution >= 0.6 is 0 Å². The first-order valence-electron chi connectivity index (χ1n) is 7.40. The van der Waals surface area contributed by atoms with E-state index in [0.29, 0.717) is 24.8 Å². The number of rotatable bonds is 3. The molecule has 22 heavy (non-hydrogen) atoms. The molecule has 2 aromatic rings. The van der Waals surface area contributed by atoms with Gasteiger partial charge < -0.3 is 9.88 Å². The van der Waals surface area contributed by atoms with Crippen molar-refractivity contribution in [1.82, 2.24) is 29.9 Å². The summed E-state index contributed by atoms with van der Waals surface area (Å²) in [5.41, 5.74) is 1.01. The van der Waals surface area contributed by atoms with Gasteiger partial charge in [-0.15, -0.1) is 10.2 Å². The van der Waals surface area contributed by atoms with Crippen LogP contribution in [-0.4, -0.2) is 48.9 Å². The van der Waals surface area contributed by atoms with Crippen molar-refractivity contribution in [3.8, 4) is 0 Å². The standard InChI is InChI=1S/C14H21N7O/c1-8(2)10-5-15-19-13(10)16-14(22)11-6-21-9(3)17-18-12(21)7-20(11)4/h5,8,11H,6-7H2,1-4H3,(H2,15,16,19,22). The van der Waals surface area contributed by atoms with E-state index in [9.17, 15) is 4.79 Å². The third-order valence-electron chi connectivity index (χ3n) is 4.13. The fraction of sp³-hybridized carbons (Fsp3) is 0.571. The van der Waals surface area contributed by atoms with Gasteiger partial charge in [0.2, 0.25) is 5.91 Å². The molecule has 1 aliphatic heterocycles. The number of carbonyl (C=O) groups is 1. The van der Waals surface area contributed by atoms with Crippen molar-refractivity contribution in [3.05, 3.63) is 23.4 Å². The molecule has 2 aromatic heterocycles. The molecule has 1 aliphatic rings. The minimum atomic E-state index is -0.259. The smallest absolute Gasteiger partial charge is 0.244 e. The van der Waals surface area contributed by atoms with Gasteiger partial charge in [0.25, 0.3) is 0 Å². The predicted molar refractivity (Wildman–Crippen MR) is 81.3 cm³/mol. The van der Waals surface area contributed by atoms with Gasteiger partial charge in [-0.25, -0.2) is 0 Å². The van der Waals surface area contributed by atoms with Gasteiger partial charge in [0.1, 0.15) is 23.5 Å². The SMILES string of the molecule is Cc1nnc2n1CC(C(=O)Nc1[nH]ncc1C(C)C)N(C)C2. The van der Waals surface area contributed by atoms with Gasteiger partial charge in [-0.2, -0.15) is 5.10 Å². The third kappa shape index (κ3) is 2.50. The summed E-state index contributed by atoms with van der Waals surface area (Å²) in [6.45, 7) is 7.21. The van der Waals surface area contributed by atoms with Gasteiger partial charge in [-0.05, 0) is 19.9 Å². The molecule has 1 unspecified atom stereocenters. The lowest BCUT2D eigenvalue weighted by Gasteiger charge is -2.32. The van der Waals surface area contributed by atoms with Crippen molar-refractivity contribution in [3.63, 3.8) is 0 Å². The molecular formula is C14H21N7O. The predicted octanol–water partition coefficient (Wildman–Crippen LogP) is 0.886. The Balaban J connectivity index is 1.78. The van der Waals surface area contributed by atoms with Crippen LogP contribution in [0.1, 0.15) is 37.0 Å². The van der Waals surface area contributed by atoms with E-state index in [1.54, 1.807) is 6.20 Å². The van der Waals surface area contributed by atoms with E-state index in [4.69, 9.17) is 0 Å². The summed E-state index contributed by atoms with van der Waals surface area (Å²) in [4.78, 5) is 14.6. The number of aromatic amines is 1. The largest absolute Gasteiger partial charge is 0.312 e. The molecule has 0 saturated heterocycles. The van der Waals surface area contributed by atoms with E-state index < -0.39 is 0 Å². The lowest BCUT2D eigenvalue weighted by atomic mass is 10.1. The Morgan fingerprint density at radius 1 is 1.45 bits per heavy atom. The zero-order valence-corrected chi connectivity index (χ0v) is 13.3. The quantitative estimate of drug-likeness (QED) is 0.878. The van der Waals surface area contributed by atoms with Crippen LogP contribution in [-0.2, 0) is 17.9 Å². The maximum absolute atomic E-state index is 12.6. The highest BCUT2D eigenvalue weighted by Crippen LogP contribution is 2.22. The first-order valence-corrected chi connectivity index (χ1v) is 7.40. The number of hydrogen-bond acceptors (Lipinski definition) is 5. The van der Waals surface area contributed by atoms with Crippen LogP contribution in [0, 0.1) is 6.92 Å². The second-order valence-electron chi connectivity index (χ2n) is 6.05. The third-order valence-corrected chi connectivity index (χ3v) is 4.13. The lowest BCUT2D eigenvalue weighted by Crippen LogP contribution is -2.48. The highest BCUT2D eigenvalue weighted by Gasteiger charge is 2.31. The first kappa shape index (κ1) is 14.7. The molecule has 0 bridgehead atoms. The van der Waals surface area contributed by atoms with Gasteiger partial charge in [0, 0.05) is 5.56 Å². The summed E-state index contributed by atoms with van der Waals surface area (Å²) in [5, 5.41) is 18.1. The molecule has 118 valence electrons. The average molecular weight is 303 g/mol. The molecule has 3 rings (SSSR count). The molecule has 0 aromatic carbocycles. The molecule has 0 fully saturated rings. The van der Waals surface area contributed by atoms with Crippen LogP contribution in [0.3, 0.4) is 0 Å². The van der Waals surface area contributed by atoms with E-state index >= 15 is 0 Å². The minimum Gasteiger partial charge on any atom is -0.312 e. The number of aromatic nitrogens is 5. The molecule has 1 amide bonds. The normalized spacial score (nSPS) is 18.5.